The van der Waals surface area contributed by atoms with E-state index in [0.717, 1.165) is 56.4 Å². The molecule has 0 aliphatic heterocycles. The maximum atomic E-state index is 5.10. The molecule has 0 atom stereocenters. The third-order valence-electron chi connectivity index (χ3n) is 7.39. The number of aromatic nitrogens is 5. The third kappa shape index (κ3) is 5.16. The second-order valence-electron chi connectivity index (χ2n) is 10.2. The first-order chi connectivity index (χ1) is 20.8. The van der Waals surface area contributed by atoms with E-state index in [4.69, 9.17) is 15.0 Å². The molecule has 0 spiro atoms. The summed E-state index contributed by atoms with van der Waals surface area (Å²) in [7, 11) is 0. The first kappa shape index (κ1) is 25.4. The van der Waals surface area contributed by atoms with Gasteiger partial charge >= 0.3 is 0 Å². The lowest BCUT2D eigenvalue weighted by Crippen LogP contribution is -2.07. The molecule has 0 amide bonds. The van der Waals surface area contributed by atoms with Gasteiger partial charge in [-0.3, -0.25) is 4.98 Å². The zero-order valence-electron chi connectivity index (χ0n) is 23.1. The molecule has 0 bridgehead atoms. The van der Waals surface area contributed by atoms with Crippen LogP contribution in [0.4, 0.5) is 0 Å². The summed E-state index contributed by atoms with van der Waals surface area (Å²) in [6.07, 6.45) is 3.85. The molecule has 0 fully saturated rings. The molecule has 0 saturated carbocycles. The van der Waals surface area contributed by atoms with Crippen molar-refractivity contribution in [2.75, 3.05) is 0 Å². The normalized spacial score (nSPS) is 11.0. The predicted octanol–water partition coefficient (Wildman–Crippen LogP) is 8.24. The number of rotatable bonds is 8. The molecule has 5 nitrogen and oxygen atoms in total. The maximum Gasteiger partial charge on any atom is 0.0963 e. The van der Waals surface area contributed by atoms with E-state index < -0.39 is 0 Å². The summed E-state index contributed by atoms with van der Waals surface area (Å²) in [6.45, 7) is 1.23. The molecule has 0 saturated heterocycles. The highest BCUT2D eigenvalue weighted by molar-refractivity contribution is 5.79. The van der Waals surface area contributed by atoms with Crippen LogP contribution >= 0.6 is 0 Å². The summed E-state index contributed by atoms with van der Waals surface area (Å²) in [5.41, 5.74) is 10.5. The molecule has 3 heterocycles. The Morgan fingerprint density at radius 3 is 1.12 bits per heavy atom. The number of pyridine rings is 1. The fourth-order valence-electron chi connectivity index (χ4n) is 5.47. The first-order valence-electron chi connectivity index (χ1n) is 14.1. The van der Waals surface area contributed by atoms with Crippen molar-refractivity contribution in [1.82, 2.24) is 24.1 Å². The number of imidazole rings is 2. The van der Waals surface area contributed by atoms with Gasteiger partial charge in [-0.1, -0.05) is 127 Å². The molecule has 3 aromatic heterocycles. The van der Waals surface area contributed by atoms with Crippen molar-refractivity contribution in [2.24, 2.45) is 0 Å². The van der Waals surface area contributed by atoms with Gasteiger partial charge in [0.1, 0.15) is 0 Å². The van der Waals surface area contributed by atoms with E-state index in [0.29, 0.717) is 13.1 Å². The van der Waals surface area contributed by atoms with Gasteiger partial charge in [0.05, 0.1) is 59.9 Å². The van der Waals surface area contributed by atoms with Crippen LogP contribution in [0.5, 0.6) is 0 Å². The Labute approximate surface area is 245 Å². The summed E-state index contributed by atoms with van der Waals surface area (Å²) in [5, 5.41) is 0. The Morgan fingerprint density at radius 1 is 0.381 bits per heavy atom. The fourth-order valence-corrected chi connectivity index (χ4v) is 5.47. The van der Waals surface area contributed by atoms with E-state index in [1.165, 1.54) is 0 Å². The van der Waals surface area contributed by atoms with Gasteiger partial charge in [0.25, 0.3) is 0 Å². The largest absolute Gasteiger partial charge is 0.324 e. The zero-order valence-corrected chi connectivity index (χ0v) is 23.1. The summed E-state index contributed by atoms with van der Waals surface area (Å²) < 4.78 is 4.40. The molecule has 7 aromatic rings. The summed E-state index contributed by atoms with van der Waals surface area (Å²) in [6, 6.07) is 47.9. The summed E-state index contributed by atoms with van der Waals surface area (Å²) >= 11 is 0. The average molecular weight is 544 g/mol. The van der Waals surface area contributed by atoms with Crippen molar-refractivity contribution >= 4 is 0 Å². The fraction of sp³-hybridized carbons (Fsp3) is 0.0541. The minimum absolute atomic E-state index is 0.614. The van der Waals surface area contributed by atoms with Gasteiger partial charge in [-0.2, -0.15) is 0 Å². The minimum atomic E-state index is 0.614. The third-order valence-corrected chi connectivity index (χ3v) is 7.39. The van der Waals surface area contributed by atoms with Gasteiger partial charge < -0.3 is 9.13 Å². The SMILES string of the molecule is c1ccc(-c2ncn(Cc3cccc(Cn4cnc(-c5ccccc5)c4-c4ccccc4)n3)c2-c2ccccc2)cc1. The lowest BCUT2D eigenvalue weighted by atomic mass is 10.0. The van der Waals surface area contributed by atoms with Crippen molar-refractivity contribution in [3.8, 4) is 45.0 Å². The molecule has 42 heavy (non-hydrogen) atoms. The van der Waals surface area contributed by atoms with Crippen LogP contribution < -0.4 is 0 Å². The lowest BCUT2D eigenvalue weighted by molar-refractivity contribution is 0.741. The van der Waals surface area contributed by atoms with Gasteiger partial charge in [0.15, 0.2) is 0 Å². The Kier molecular flexibility index (Phi) is 6.97. The number of hydrogen-bond acceptors (Lipinski definition) is 3. The molecule has 0 radical (unpaired) electrons. The quantitative estimate of drug-likeness (QED) is 0.194. The summed E-state index contributed by atoms with van der Waals surface area (Å²) in [4.78, 5) is 14.8. The smallest absolute Gasteiger partial charge is 0.0963 e. The van der Waals surface area contributed by atoms with Crippen molar-refractivity contribution in [1.29, 1.82) is 0 Å². The van der Waals surface area contributed by atoms with Gasteiger partial charge in [-0.15, -0.1) is 0 Å². The van der Waals surface area contributed by atoms with Gasteiger partial charge in [0, 0.05) is 22.3 Å². The number of hydrogen-bond donors (Lipinski definition) is 0. The van der Waals surface area contributed by atoms with Gasteiger partial charge in [0.2, 0.25) is 0 Å². The van der Waals surface area contributed by atoms with Crippen LogP contribution in [0.1, 0.15) is 11.4 Å². The van der Waals surface area contributed by atoms with Crippen molar-refractivity contribution in [3.05, 3.63) is 164 Å². The highest BCUT2D eigenvalue weighted by atomic mass is 15.1. The molecule has 4 aromatic carbocycles. The standard InChI is InChI=1S/C37H29N5/c1-5-14-28(15-6-1)34-36(30-18-9-3-10-19-30)41(26-38-34)24-32-22-13-23-33(40-32)25-42-27-39-35(29-16-7-2-8-17-29)37(42)31-20-11-4-12-21-31/h1-23,26-27H,24-25H2. The first-order valence-corrected chi connectivity index (χ1v) is 14.1. The highest BCUT2D eigenvalue weighted by Gasteiger charge is 2.17. The van der Waals surface area contributed by atoms with E-state index in [-0.39, 0.29) is 0 Å². The van der Waals surface area contributed by atoms with Gasteiger partial charge in [-0.25, -0.2) is 9.97 Å². The van der Waals surface area contributed by atoms with E-state index in [9.17, 15) is 0 Å². The Bertz CT molecular complexity index is 1770. The molecule has 202 valence electrons. The molecular weight excluding hydrogens is 514 g/mol. The van der Waals surface area contributed by atoms with Crippen LogP contribution in [0.25, 0.3) is 45.0 Å². The molecule has 0 unspecified atom stereocenters. The second kappa shape index (κ2) is 11.5. The topological polar surface area (TPSA) is 48.5 Å². The van der Waals surface area contributed by atoms with Crippen LogP contribution in [0, 0.1) is 0 Å². The number of benzene rings is 4. The van der Waals surface area contributed by atoms with Crippen molar-refractivity contribution in [3.63, 3.8) is 0 Å². The predicted molar refractivity (Wildman–Crippen MR) is 169 cm³/mol. The Hall–Kier alpha value is -5.55. The van der Waals surface area contributed by atoms with Crippen LogP contribution in [-0.2, 0) is 13.1 Å². The highest BCUT2D eigenvalue weighted by Crippen LogP contribution is 2.33. The molecule has 0 N–H and O–H groups in total. The Balaban J connectivity index is 1.23. The molecule has 0 aliphatic rings. The van der Waals surface area contributed by atoms with Gasteiger partial charge in [-0.05, 0) is 12.1 Å². The minimum Gasteiger partial charge on any atom is -0.324 e. The Morgan fingerprint density at radius 2 is 0.738 bits per heavy atom. The van der Waals surface area contributed by atoms with Crippen LogP contribution in [-0.4, -0.2) is 24.1 Å². The van der Waals surface area contributed by atoms with Crippen molar-refractivity contribution < 1.29 is 0 Å². The molecule has 5 heteroatoms. The average Bonchev–Trinajstić information content (AvgIpc) is 3.67. The second-order valence-corrected chi connectivity index (χ2v) is 10.2. The maximum absolute atomic E-state index is 5.10. The summed E-state index contributed by atoms with van der Waals surface area (Å²) in [5.74, 6) is 0. The van der Waals surface area contributed by atoms with Crippen LogP contribution in [0.15, 0.2) is 152 Å². The monoisotopic (exact) mass is 543 g/mol. The van der Waals surface area contributed by atoms with E-state index in [1.807, 2.05) is 36.9 Å². The molecule has 7 rings (SSSR count). The lowest BCUT2D eigenvalue weighted by Gasteiger charge is -2.13. The van der Waals surface area contributed by atoms with E-state index in [2.05, 4.69) is 124 Å². The molecular formula is C37H29N5. The number of nitrogens with zero attached hydrogens (tertiary/aromatic N) is 5. The molecule has 0 aliphatic carbocycles. The van der Waals surface area contributed by atoms with Crippen LogP contribution in [0.2, 0.25) is 0 Å². The van der Waals surface area contributed by atoms with Crippen LogP contribution in [0.3, 0.4) is 0 Å². The van der Waals surface area contributed by atoms with E-state index >= 15 is 0 Å². The van der Waals surface area contributed by atoms with Crippen molar-refractivity contribution in [2.45, 2.75) is 13.1 Å². The zero-order chi connectivity index (χ0) is 28.1. The van der Waals surface area contributed by atoms with E-state index in [1.54, 1.807) is 0 Å².